The first-order valence-corrected chi connectivity index (χ1v) is 7.44. The Morgan fingerprint density at radius 2 is 2.13 bits per heavy atom. The maximum absolute atomic E-state index is 13.3. The van der Waals surface area contributed by atoms with Gasteiger partial charge in [-0.15, -0.1) is 11.3 Å². The number of aliphatic hydroxyl groups excluding tert-OH is 1. The van der Waals surface area contributed by atoms with Gasteiger partial charge in [0.25, 0.3) is 5.91 Å². The summed E-state index contributed by atoms with van der Waals surface area (Å²) in [7, 11) is 0. The van der Waals surface area contributed by atoms with Crippen LogP contribution in [0, 0.1) is 12.7 Å². The number of nitrogens with one attached hydrogen (secondary N) is 1. The summed E-state index contributed by atoms with van der Waals surface area (Å²) >= 11 is 1.04. The van der Waals surface area contributed by atoms with Gasteiger partial charge in [-0.25, -0.2) is 4.39 Å². The lowest BCUT2D eigenvalue weighted by atomic mass is 10.1. The van der Waals surface area contributed by atoms with Crippen LogP contribution in [0.5, 0.6) is 5.75 Å². The molecule has 0 saturated heterocycles. The molecule has 124 valence electrons. The highest BCUT2D eigenvalue weighted by atomic mass is 32.1. The molecular weight excluding hydrogens is 331 g/mol. The number of amides is 1. The van der Waals surface area contributed by atoms with Crippen LogP contribution >= 0.6 is 11.3 Å². The summed E-state index contributed by atoms with van der Waals surface area (Å²) < 4.78 is 42.3. The minimum absolute atomic E-state index is 0.0484. The highest BCUT2D eigenvalue weighted by Gasteiger charge is 2.19. The maximum atomic E-state index is 13.3. The molecule has 1 amide bonds. The average molecular weight is 345 g/mol. The van der Waals surface area contributed by atoms with Gasteiger partial charge >= 0.3 is 6.61 Å². The number of ether oxygens (including phenoxy) is 1. The molecule has 0 aliphatic heterocycles. The van der Waals surface area contributed by atoms with Gasteiger partial charge in [-0.3, -0.25) is 4.79 Å². The third-order valence-electron chi connectivity index (χ3n) is 2.98. The van der Waals surface area contributed by atoms with Gasteiger partial charge < -0.3 is 15.2 Å². The number of rotatable bonds is 6. The first kappa shape index (κ1) is 17.3. The van der Waals surface area contributed by atoms with Crippen molar-refractivity contribution < 1.29 is 27.8 Å². The van der Waals surface area contributed by atoms with Crippen LogP contribution in [0.2, 0.25) is 0 Å². The van der Waals surface area contributed by atoms with Crippen LogP contribution in [0.1, 0.15) is 25.7 Å². The number of alkyl halides is 2. The van der Waals surface area contributed by atoms with Crippen molar-refractivity contribution in [2.75, 3.05) is 0 Å². The molecule has 0 fully saturated rings. The van der Waals surface area contributed by atoms with Crippen molar-refractivity contribution in [1.29, 1.82) is 0 Å². The number of halogens is 3. The second-order valence-corrected chi connectivity index (χ2v) is 5.95. The van der Waals surface area contributed by atoms with E-state index < -0.39 is 24.9 Å². The summed E-state index contributed by atoms with van der Waals surface area (Å²) in [5.74, 6) is -1.27. The monoisotopic (exact) mass is 345 g/mol. The zero-order valence-electron chi connectivity index (χ0n) is 12.1. The van der Waals surface area contributed by atoms with E-state index >= 15 is 0 Å². The normalized spacial score (nSPS) is 10.9. The van der Waals surface area contributed by atoms with E-state index in [1.165, 1.54) is 24.3 Å². The number of carbonyl (C=O) groups is 1. The van der Waals surface area contributed by atoms with E-state index in [-0.39, 0.29) is 22.7 Å². The molecule has 0 atom stereocenters. The van der Waals surface area contributed by atoms with E-state index in [1.54, 1.807) is 6.92 Å². The quantitative estimate of drug-likeness (QED) is 0.845. The molecule has 4 nitrogen and oxygen atoms in total. The molecule has 0 aliphatic rings. The van der Waals surface area contributed by atoms with Crippen molar-refractivity contribution in [1.82, 2.24) is 5.32 Å². The highest BCUT2D eigenvalue weighted by Crippen LogP contribution is 2.30. The fourth-order valence-electron chi connectivity index (χ4n) is 1.95. The van der Waals surface area contributed by atoms with Crippen molar-refractivity contribution in [3.05, 3.63) is 51.0 Å². The Balaban J connectivity index is 2.08. The number of benzene rings is 1. The Labute approximate surface area is 134 Å². The Kier molecular flexibility index (Phi) is 5.62. The molecule has 0 bridgehead atoms. The topological polar surface area (TPSA) is 58.6 Å². The van der Waals surface area contributed by atoms with Crippen molar-refractivity contribution in [3.63, 3.8) is 0 Å². The lowest BCUT2D eigenvalue weighted by Gasteiger charge is -2.08. The number of aryl methyl sites for hydroxylation is 1. The lowest BCUT2D eigenvalue weighted by molar-refractivity contribution is -0.0498. The van der Waals surface area contributed by atoms with Gasteiger partial charge in [-0.2, -0.15) is 8.78 Å². The molecule has 0 unspecified atom stereocenters. The molecule has 1 aromatic carbocycles. The molecule has 2 aromatic rings. The molecule has 2 rings (SSSR count). The largest absolute Gasteiger partial charge is 0.433 e. The zero-order chi connectivity index (χ0) is 17.0. The summed E-state index contributed by atoms with van der Waals surface area (Å²) in [5, 5.41) is 11.6. The van der Waals surface area contributed by atoms with Crippen molar-refractivity contribution >= 4 is 17.2 Å². The highest BCUT2D eigenvalue weighted by molar-refractivity contribution is 7.14. The van der Waals surface area contributed by atoms with Crippen LogP contribution in [0.4, 0.5) is 13.2 Å². The van der Waals surface area contributed by atoms with Crippen LogP contribution < -0.4 is 10.1 Å². The van der Waals surface area contributed by atoms with Gasteiger partial charge in [-0.1, -0.05) is 6.07 Å². The van der Waals surface area contributed by atoms with E-state index in [1.807, 2.05) is 0 Å². The molecule has 0 radical (unpaired) electrons. The predicted molar refractivity (Wildman–Crippen MR) is 79.2 cm³/mol. The second kappa shape index (κ2) is 7.47. The van der Waals surface area contributed by atoms with Crippen LogP contribution in [0.15, 0.2) is 24.3 Å². The van der Waals surface area contributed by atoms with E-state index in [2.05, 4.69) is 10.1 Å². The molecule has 1 heterocycles. The van der Waals surface area contributed by atoms with E-state index in [4.69, 9.17) is 5.11 Å². The average Bonchev–Trinajstić information content (AvgIpc) is 2.86. The molecule has 0 saturated carbocycles. The first-order valence-electron chi connectivity index (χ1n) is 6.62. The van der Waals surface area contributed by atoms with Gasteiger partial charge in [-0.05, 0) is 30.7 Å². The Morgan fingerprint density at radius 3 is 2.78 bits per heavy atom. The summed E-state index contributed by atoms with van der Waals surface area (Å²) in [5.41, 5.74) is 0.693. The fourth-order valence-corrected chi connectivity index (χ4v) is 2.81. The van der Waals surface area contributed by atoms with Crippen LogP contribution in [0.25, 0.3) is 0 Å². The molecular formula is C15H14F3NO3S. The third-order valence-corrected chi connectivity index (χ3v) is 4.01. The molecule has 1 aromatic heterocycles. The van der Waals surface area contributed by atoms with Crippen molar-refractivity contribution in [2.24, 2.45) is 0 Å². The smallest absolute Gasteiger partial charge is 0.387 e. The number of hydrogen-bond donors (Lipinski definition) is 2. The minimum Gasteiger partial charge on any atom is -0.433 e. The van der Waals surface area contributed by atoms with Crippen LogP contribution in [0.3, 0.4) is 0 Å². The molecule has 23 heavy (non-hydrogen) atoms. The Hall–Kier alpha value is -2.06. The number of aliphatic hydroxyl groups is 1. The van der Waals surface area contributed by atoms with Gasteiger partial charge in [0, 0.05) is 17.0 Å². The predicted octanol–water partition coefficient (Wildman–Crippen LogP) is 3.22. The molecule has 0 spiro atoms. The standard InChI is InChI=1S/C15H14F3NO3S/c1-8-4-12(22-15(17)18)13(23-8)14(21)19-6-9-2-3-11(16)10(5-9)7-20/h2-5,15,20H,6-7H2,1H3,(H,19,21). The molecule has 2 N–H and O–H groups in total. The minimum atomic E-state index is -3.01. The fraction of sp³-hybridized carbons (Fsp3) is 0.267. The van der Waals surface area contributed by atoms with Crippen molar-refractivity contribution in [3.8, 4) is 5.75 Å². The van der Waals surface area contributed by atoms with E-state index in [9.17, 15) is 18.0 Å². The lowest BCUT2D eigenvalue weighted by Crippen LogP contribution is -2.22. The Morgan fingerprint density at radius 1 is 1.39 bits per heavy atom. The van der Waals surface area contributed by atoms with E-state index in [0.29, 0.717) is 10.4 Å². The Bertz CT molecular complexity index is 703. The maximum Gasteiger partial charge on any atom is 0.387 e. The summed E-state index contributed by atoms with van der Waals surface area (Å²) in [4.78, 5) is 12.8. The molecule has 0 aliphatic carbocycles. The van der Waals surface area contributed by atoms with Gasteiger partial charge in [0.05, 0.1) is 6.61 Å². The summed E-state index contributed by atoms with van der Waals surface area (Å²) in [6.07, 6.45) is 0. The van der Waals surface area contributed by atoms with Crippen molar-refractivity contribution in [2.45, 2.75) is 26.7 Å². The third kappa shape index (κ3) is 4.46. The van der Waals surface area contributed by atoms with Crippen LogP contribution in [-0.2, 0) is 13.2 Å². The second-order valence-electron chi connectivity index (χ2n) is 4.70. The van der Waals surface area contributed by atoms with Gasteiger partial charge in [0.2, 0.25) is 0 Å². The summed E-state index contributed by atoms with van der Waals surface area (Å²) in [6, 6.07) is 5.44. The number of carbonyl (C=O) groups excluding carboxylic acids is 1. The number of hydrogen-bond acceptors (Lipinski definition) is 4. The van der Waals surface area contributed by atoms with Crippen LogP contribution in [-0.4, -0.2) is 17.6 Å². The van der Waals surface area contributed by atoms with E-state index in [0.717, 1.165) is 11.3 Å². The first-order chi connectivity index (χ1) is 10.9. The number of thiophene rings is 1. The SMILES string of the molecule is Cc1cc(OC(F)F)c(C(=O)NCc2ccc(F)c(CO)c2)s1. The van der Waals surface area contributed by atoms with Gasteiger partial charge in [0.1, 0.15) is 16.4 Å². The van der Waals surface area contributed by atoms with Gasteiger partial charge in [0.15, 0.2) is 0 Å². The summed E-state index contributed by atoms with van der Waals surface area (Å²) in [6.45, 7) is -1.73. The zero-order valence-corrected chi connectivity index (χ0v) is 12.9. The molecule has 8 heteroatoms.